The molecule has 3 heterocycles. The fourth-order valence-corrected chi connectivity index (χ4v) is 4.44. The average molecular weight is 381 g/mol. The predicted molar refractivity (Wildman–Crippen MR) is 99.9 cm³/mol. The Kier molecular flexibility index (Phi) is 6.61. The Hall–Kier alpha value is -1.51. The van der Waals surface area contributed by atoms with Gasteiger partial charge in [-0.1, -0.05) is 6.92 Å². The maximum atomic E-state index is 12.7. The van der Waals surface area contributed by atoms with Crippen LogP contribution in [0.25, 0.3) is 0 Å². The molecule has 1 aromatic heterocycles. The van der Waals surface area contributed by atoms with Crippen molar-refractivity contribution in [3.05, 3.63) is 15.6 Å². The number of hydrogen-bond acceptors (Lipinski definition) is 6. The average Bonchev–Trinajstić information content (AvgIpc) is 3.06. The Morgan fingerprint density at radius 1 is 1.31 bits per heavy atom. The summed E-state index contributed by atoms with van der Waals surface area (Å²) in [4.78, 5) is 32.7. The van der Waals surface area contributed by atoms with Crippen LogP contribution < -0.4 is 10.6 Å². The van der Waals surface area contributed by atoms with E-state index in [1.54, 1.807) is 11.3 Å². The molecule has 3 rings (SSSR count). The highest BCUT2D eigenvalue weighted by molar-refractivity contribution is 7.11. The number of hydrogen-bond donors (Lipinski definition) is 2. The zero-order chi connectivity index (χ0) is 18.5. The lowest BCUT2D eigenvalue weighted by Gasteiger charge is -2.34. The zero-order valence-corrected chi connectivity index (χ0v) is 16.4. The van der Waals surface area contributed by atoms with E-state index in [1.165, 1.54) is 0 Å². The molecular formula is C18H28N4O3S. The maximum Gasteiger partial charge on any atom is 0.227 e. The van der Waals surface area contributed by atoms with Crippen molar-refractivity contribution in [3.63, 3.8) is 0 Å². The Morgan fingerprint density at radius 2 is 2.04 bits per heavy atom. The summed E-state index contributed by atoms with van der Waals surface area (Å²) in [5, 5.41) is 7.39. The molecule has 8 heteroatoms. The van der Waals surface area contributed by atoms with Gasteiger partial charge in [-0.05, 0) is 19.8 Å². The molecule has 0 spiro atoms. The summed E-state index contributed by atoms with van der Waals surface area (Å²) in [6, 6.07) is 0. The highest BCUT2D eigenvalue weighted by Crippen LogP contribution is 2.21. The molecular weight excluding hydrogens is 352 g/mol. The first-order valence-electron chi connectivity index (χ1n) is 9.38. The van der Waals surface area contributed by atoms with Crippen molar-refractivity contribution in [2.24, 2.45) is 11.8 Å². The zero-order valence-electron chi connectivity index (χ0n) is 15.5. The third kappa shape index (κ3) is 4.61. The first-order valence-corrected chi connectivity index (χ1v) is 10.2. The smallest absolute Gasteiger partial charge is 0.227 e. The van der Waals surface area contributed by atoms with Crippen LogP contribution in [0.2, 0.25) is 0 Å². The molecule has 0 aliphatic carbocycles. The minimum Gasteiger partial charge on any atom is -0.378 e. The van der Waals surface area contributed by atoms with Gasteiger partial charge in [0.05, 0.1) is 42.3 Å². The number of ether oxygens (including phenoxy) is 1. The van der Waals surface area contributed by atoms with Crippen molar-refractivity contribution in [1.29, 1.82) is 0 Å². The SMILES string of the molecule is CCc1nc(C)c(CNC(=O)[C@@H]2CNC[C@@H](C(=O)N3CCOCC3)C2)s1. The highest BCUT2D eigenvalue weighted by atomic mass is 32.1. The van der Waals surface area contributed by atoms with Crippen LogP contribution >= 0.6 is 11.3 Å². The quantitative estimate of drug-likeness (QED) is 0.786. The van der Waals surface area contributed by atoms with Crippen LogP contribution in [-0.2, 0) is 27.3 Å². The molecule has 2 fully saturated rings. The van der Waals surface area contributed by atoms with Gasteiger partial charge in [-0.25, -0.2) is 4.98 Å². The maximum absolute atomic E-state index is 12.7. The Morgan fingerprint density at radius 3 is 2.73 bits per heavy atom. The summed E-state index contributed by atoms with van der Waals surface area (Å²) in [6.07, 6.45) is 1.52. The number of piperidine rings is 1. The van der Waals surface area contributed by atoms with Gasteiger partial charge in [0.15, 0.2) is 0 Å². The number of thiazole rings is 1. The van der Waals surface area contributed by atoms with Crippen molar-refractivity contribution in [2.75, 3.05) is 39.4 Å². The van der Waals surface area contributed by atoms with Crippen LogP contribution in [0.3, 0.4) is 0 Å². The molecule has 7 nitrogen and oxygen atoms in total. The van der Waals surface area contributed by atoms with Gasteiger partial charge in [0.25, 0.3) is 0 Å². The molecule has 0 radical (unpaired) electrons. The summed E-state index contributed by atoms with van der Waals surface area (Å²) in [5.41, 5.74) is 0.995. The molecule has 144 valence electrons. The van der Waals surface area contributed by atoms with E-state index in [1.807, 2.05) is 11.8 Å². The van der Waals surface area contributed by atoms with E-state index in [9.17, 15) is 9.59 Å². The number of carbonyl (C=O) groups excluding carboxylic acids is 2. The number of aryl methyl sites for hydroxylation is 2. The number of nitrogens with zero attached hydrogens (tertiary/aromatic N) is 2. The van der Waals surface area contributed by atoms with Gasteiger partial charge in [-0.2, -0.15) is 0 Å². The number of carbonyl (C=O) groups is 2. The molecule has 0 unspecified atom stereocenters. The molecule has 0 bridgehead atoms. The van der Waals surface area contributed by atoms with E-state index in [0.29, 0.717) is 52.4 Å². The van der Waals surface area contributed by atoms with Crippen LogP contribution in [0.4, 0.5) is 0 Å². The molecule has 2 saturated heterocycles. The highest BCUT2D eigenvalue weighted by Gasteiger charge is 2.33. The molecule has 2 amide bonds. The lowest BCUT2D eigenvalue weighted by Crippen LogP contribution is -2.51. The van der Waals surface area contributed by atoms with Gasteiger partial charge >= 0.3 is 0 Å². The number of amides is 2. The van der Waals surface area contributed by atoms with Crippen LogP contribution in [0, 0.1) is 18.8 Å². The van der Waals surface area contributed by atoms with Gasteiger partial charge in [0.2, 0.25) is 11.8 Å². The standard InChI is InChI=1S/C18H28N4O3S/c1-3-16-21-12(2)15(26-16)11-20-17(23)13-8-14(10-19-9-13)18(24)22-4-6-25-7-5-22/h13-14,19H,3-11H2,1-2H3,(H,20,23)/t13-,14-/m0/s1. The largest absolute Gasteiger partial charge is 0.378 e. The Labute approximate surface area is 158 Å². The molecule has 2 aliphatic rings. The van der Waals surface area contributed by atoms with Crippen molar-refractivity contribution in [3.8, 4) is 0 Å². The van der Waals surface area contributed by atoms with Crippen molar-refractivity contribution in [1.82, 2.24) is 20.5 Å². The monoisotopic (exact) mass is 380 g/mol. The van der Waals surface area contributed by atoms with Gasteiger partial charge < -0.3 is 20.3 Å². The normalized spacial score (nSPS) is 23.7. The second-order valence-corrected chi connectivity index (χ2v) is 8.08. The predicted octanol–water partition coefficient (Wildman–Crippen LogP) is 0.715. The third-order valence-electron chi connectivity index (χ3n) is 5.06. The van der Waals surface area contributed by atoms with E-state index >= 15 is 0 Å². The van der Waals surface area contributed by atoms with Gasteiger partial charge in [0.1, 0.15) is 0 Å². The molecule has 2 atom stereocenters. The number of rotatable bonds is 5. The fourth-order valence-electron chi connectivity index (χ4n) is 3.49. The topological polar surface area (TPSA) is 83.6 Å². The second kappa shape index (κ2) is 8.92. The second-order valence-electron chi connectivity index (χ2n) is 6.91. The summed E-state index contributed by atoms with van der Waals surface area (Å²) in [6.45, 7) is 8.35. The molecule has 0 aromatic carbocycles. The molecule has 1 aromatic rings. The lowest BCUT2D eigenvalue weighted by molar-refractivity contribution is -0.141. The summed E-state index contributed by atoms with van der Waals surface area (Å²) >= 11 is 1.66. The van der Waals surface area contributed by atoms with E-state index < -0.39 is 0 Å². The molecule has 2 N–H and O–H groups in total. The Balaban J connectivity index is 1.52. The molecule has 0 saturated carbocycles. The fraction of sp³-hybridized carbons (Fsp3) is 0.722. The van der Waals surface area contributed by atoms with Gasteiger partial charge in [0, 0.05) is 31.1 Å². The third-order valence-corrected chi connectivity index (χ3v) is 6.36. The first kappa shape index (κ1) is 19.3. The minimum atomic E-state index is -0.169. The minimum absolute atomic E-state index is 0.0165. The van der Waals surface area contributed by atoms with E-state index in [-0.39, 0.29) is 23.7 Å². The van der Waals surface area contributed by atoms with E-state index in [4.69, 9.17) is 4.74 Å². The van der Waals surface area contributed by atoms with Crippen molar-refractivity contribution < 1.29 is 14.3 Å². The van der Waals surface area contributed by atoms with E-state index in [0.717, 1.165) is 22.0 Å². The summed E-state index contributed by atoms with van der Waals surface area (Å²) in [5.74, 6) is -0.140. The Bertz CT molecular complexity index is 642. The van der Waals surface area contributed by atoms with Crippen molar-refractivity contribution in [2.45, 2.75) is 33.2 Å². The van der Waals surface area contributed by atoms with Crippen LogP contribution in [-0.4, -0.2) is 61.1 Å². The number of aromatic nitrogens is 1. The van der Waals surface area contributed by atoms with Crippen molar-refractivity contribution >= 4 is 23.2 Å². The molecule has 2 aliphatic heterocycles. The molecule has 26 heavy (non-hydrogen) atoms. The lowest BCUT2D eigenvalue weighted by atomic mass is 9.88. The number of nitrogens with one attached hydrogen (secondary N) is 2. The first-order chi connectivity index (χ1) is 12.6. The summed E-state index contributed by atoms with van der Waals surface area (Å²) in [7, 11) is 0. The van der Waals surface area contributed by atoms with E-state index in [2.05, 4.69) is 22.5 Å². The van der Waals surface area contributed by atoms with Crippen LogP contribution in [0.1, 0.15) is 28.9 Å². The number of morpholine rings is 1. The van der Waals surface area contributed by atoms with Crippen LogP contribution in [0.5, 0.6) is 0 Å². The van der Waals surface area contributed by atoms with Gasteiger partial charge in [-0.15, -0.1) is 11.3 Å². The summed E-state index contributed by atoms with van der Waals surface area (Å²) < 4.78 is 5.31. The van der Waals surface area contributed by atoms with Crippen LogP contribution in [0.15, 0.2) is 0 Å². The van der Waals surface area contributed by atoms with Gasteiger partial charge in [-0.3, -0.25) is 9.59 Å².